The maximum Gasteiger partial charge on any atom is 0.224 e. The predicted octanol–water partition coefficient (Wildman–Crippen LogP) is 2.80. The van der Waals surface area contributed by atoms with Crippen LogP contribution < -0.4 is 11.1 Å². The molecule has 0 bridgehead atoms. The van der Waals surface area contributed by atoms with Crippen LogP contribution in [0.3, 0.4) is 0 Å². The lowest BCUT2D eigenvalue weighted by atomic mass is 10.2. The number of nitrogen functional groups attached to an aromatic ring is 1. The van der Waals surface area contributed by atoms with Crippen molar-refractivity contribution in [2.75, 3.05) is 22.6 Å². The third-order valence-electron chi connectivity index (χ3n) is 2.49. The number of benzene rings is 1. The highest BCUT2D eigenvalue weighted by Crippen LogP contribution is 2.22. The molecule has 0 aliphatic carbocycles. The molecule has 0 aromatic heterocycles. The summed E-state index contributed by atoms with van der Waals surface area (Å²) in [7, 11) is -0.807. The van der Waals surface area contributed by atoms with Gasteiger partial charge in [0, 0.05) is 34.4 Å². The normalized spacial score (nSPS) is 12.1. The number of rotatable bonds is 7. The first kappa shape index (κ1) is 16.0. The summed E-state index contributed by atoms with van der Waals surface area (Å²) in [5.74, 6) is 1.18. The number of nitrogens with two attached hydrogens (primary N) is 1. The molecule has 0 fully saturated rings. The molecule has 0 saturated carbocycles. The second kappa shape index (κ2) is 8.17. The minimum atomic E-state index is -0.807. The van der Waals surface area contributed by atoms with Crippen molar-refractivity contribution in [2.24, 2.45) is 0 Å². The summed E-state index contributed by atoms with van der Waals surface area (Å²) in [6.07, 6.45) is 1.89. The smallest absolute Gasteiger partial charge is 0.224 e. The Bertz CT molecular complexity index is 466. The van der Waals surface area contributed by atoms with E-state index in [0.717, 1.165) is 6.42 Å². The zero-order chi connectivity index (χ0) is 14.3. The Balaban J connectivity index is 2.35. The molecule has 3 N–H and O–H groups in total. The molecular formula is C13H19ClN2O2S. The molecule has 1 aromatic rings. The van der Waals surface area contributed by atoms with Crippen LogP contribution in [0.25, 0.3) is 0 Å². The summed E-state index contributed by atoms with van der Waals surface area (Å²) in [6.45, 7) is 2.00. The van der Waals surface area contributed by atoms with Gasteiger partial charge in [0.25, 0.3) is 0 Å². The molecule has 19 heavy (non-hydrogen) atoms. The number of carbonyl (C=O) groups is 1. The lowest BCUT2D eigenvalue weighted by molar-refractivity contribution is -0.116. The molecule has 0 saturated heterocycles. The molecule has 4 nitrogen and oxygen atoms in total. The van der Waals surface area contributed by atoms with Gasteiger partial charge in [0.15, 0.2) is 0 Å². The first-order valence-corrected chi connectivity index (χ1v) is 8.09. The van der Waals surface area contributed by atoms with E-state index in [9.17, 15) is 9.00 Å². The minimum absolute atomic E-state index is 0.102. The number of hydrogen-bond donors (Lipinski definition) is 2. The average molecular weight is 303 g/mol. The first-order valence-electron chi connectivity index (χ1n) is 6.22. The quantitative estimate of drug-likeness (QED) is 0.761. The summed E-state index contributed by atoms with van der Waals surface area (Å²) in [6, 6.07) is 4.96. The fourth-order valence-electron chi connectivity index (χ4n) is 1.57. The maximum atomic E-state index is 11.7. The summed E-state index contributed by atoms with van der Waals surface area (Å²) < 4.78 is 11.4. The zero-order valence-electron chi connectivity index (χ0n) is 10.9. The number of amides is 1. The highest BCUT2D eigenvalue weighted by atomic mass is 35.5. The van der Waals surface area contributed by atoms with E-state index in [1.807, 2.05) is 6.92 Å². The van der Waals surface area contributed by atoms with Crippen LogP contribution in [-0.2, 0) is 15.6 Å². The van der Waals surface area contributed by atoms with Crippen molar-refractivity contribution in [1.82, 2.24) is 0 Å². The summed E-state index contributed by atoms with van der Waals surface area (Å²) >= 11 is 5.79. The molecule has 1 unspecified atom stereocenters. The minimum Gasteiger partial charge on any atom is -0.397 e. The molecule has 6 heteroatoms. The highest BCUT2D eigenvalue weighted by Gasteiger charge is 2.05. The van der Waals surface area contributed by atoms with Gasteiger partial charge in [0.2, 0.25) is 5.91 Å². The molecular weight excluding hydrogens is 284 g/mol. The van der Waals surface area contributed by atoms with E-state index in [0.29, 0.717) is 40.7 Å². The van der Waals surface area contributed by atoms with Crippen molar-refractivity contribution in [3.8, 4) is 0 Å². The lowest BCUT2D eigenvalue weighted by Gasteiger charge is -2.06. The van der Waals surface area contributed by atoms with E-state index in [1.54, 1.807) is 18.2 Å². The second-order valence-corrected chi connectivity index (χ2v) is 6.34. The molecule has 0 heterocycles. The largest absolute Gasteiger partial charge is 0.397 e. The van der Waals surface area contributed by atoms with Crippen LogP contribution in [0.4, 0.5) is 11.4 Å². The third kappa shape index (κ3) is 6.07. The highest BCUT2D eigenvalue weighted by molar-refractivity contribution is 7.84. The van der Waals surface area contributed by atoms with E-state index >= 15 is 0 Å². The van der Waals surface area contributed by atoms with Crippen LogP contribution in [-0.4, -0.2) is 21.6 Å². The Hall–Kier alpha value is -1.07. The van der Waals surface area contributed by atoms with Gasteiger partial charge in [0.05, 0.1) is 10.7 Å². The summed E-state index contributed by atoms with van der Waals surface area (Å²) in [4.78, 5) is 11.7. The van der Waals surface area contributed by atoms with Gasteiger partial charge in [-0.2, -0.15) is 0 Å². The van der Waals surface area contributed by atoms with Crippen molar-refractivity contribution in [1.29, 1.82) is 0 Å². The molecule has 106 valence electrons. The Morgan fingerprint density at radius 2 is 2.16 bits per heavy atom. The molecule has 0 spiro atoms. The monoisotopic (exact) mass is 302 g/mol. The van der Waals surface area contributed by atoms with Crippen LogP contribution >= 0.6 is 11.6 Å². The molecule has 0 aliphatic heterocycles. The lowest BCUT2D eigenvalue weighted by Crippen LogP contribution is -2.13. The maximum absolute atomic E-state index is 11.7. The fraction of sp³-hybridized carbons (Fsp3) is 0.462. The van der Waals surface area contributed by atoms with Gasteiger partial charge in [-0.25, -0.2) is 0 Å². The van der Waals surface area contributed by atoms with Crippen molar-refractivity contribution in [2.45, 2.75) is 26.2 Å². The van der Waals surface area contributed by atoms with Crippen LogP contribution in [0.15, 0.2) is 18.2 Å². The van der Waals surface area contributed by atoms with Crippen LogP contribution in [0.2, 0.25) is 5.02 Å². The fourth-order valence-corrected chi connectivity index (χ4v) is 2.81. The van der Waals surface area contributed by atoms with Gasteiger partial charge in [-0.1, -0.05) is 18.5 Å². The van der Waals surface area contributed by atoms with E-state index < -0.39 is 10.8 Å². The van der Waals surface area contributed by atoms with E-state index in [4.69, 9.17) is 17.3 Å². The Morgan fingerprint density at radius 1 is 1.42 bits per heavy atom. The number of halogens is 1. The molecule has 0 aliphatic rings. The number of carbonyl (C=O) groups excluding carboxylic acids is 1. The zero-order valence-corrected chi connectivity index (χ0v) is 12.5. The standard InChI is InChI=1S/C13H19ClN2O2S/c1-2-7-19(18)8-3-4-13(17)16-10-5-6-11(14)12(15)9-10/h5-6,9H,2-4,7-8,15H2,1H3,(H,16,17). The van der Waals surface area contributed by atoms with Crippen molar-refractivity contribution in [3.63, 3.8) is 0 Å². The molecule has 1 aromatic carbocycles. The number of hydrogen-bond acceptors (Lipinski definition) is 3. The van der Waals surface area contributed by atoms with Gasteiger partial charge in [0.1, 0.15) is 0 Å². The average Bonchev–Trinajstić information content (AvgIpc) is 2.34. The first-order chi connectivity index (χ1) is 9.02. The molecule has 1 amide bonds. The number of nitrogens with one attached hydrogen (secondary N) is 1. The Morgan fingerprint density at radius 3 is 2.79 bits per heavy atom. The van der Waals surface area contributed by atoms with Crippen LogP contribution in [0, 0.1) is 0 Å². The van der Waals surface area contributed by atoms with E-state index in [-0.39, 0.29) is 5.91 Å². The van der Waals surface area contributed by atoms with E-state index in [1.165, 1.54) is 0 Å². The SMILES string of the molecule is CCCS(=O)CCCC(=O)Nc1ccc(Cl)c(N)c1. The van der Waals surface area contributed by atoms with Gasteiger partial charge in [-0.05, 0) is 31.0 Å². The van der Waals surface area contributed by atoms with Crippen molar-refractivity contribution < 1.29 is 9.00 Å². The Kier molecular flexibility index (Phi) is 6.87. The van der Waals surface area contributed by atoms with Crippen molar-refractivity contribution >= 4 is 39.7 Å². The topological polar surface area (TPSA) is 72.2 Å². The predicted molar refractivity (Wildman–Crippen MR) is 81.9 cm³/mol. The van der Waals surface area contributed by atoms with Crippen LogP contribution in [0.5, 0.6) is 0 Å². The third-order valence-corrected chi connectivity index (χ3v) is 4.44. The van der Waals surface area contributed by atoms with Crippen LogP contribution in [0.1, 0.15) is 26.2 Å². The molecule has 0 radical (unpaired) electrons. The number of anilines is 2. The van der Waals surface area contributed by atoms with Gasteiger partial charge in [-0.15, -0.1) is 0 Å². The molecule has 1 atom stereocenters. The Labute approximate surface area is 121 Å². The van der Waals surface area contributed by atoms with E-state index in [2.05, 4.69) is 5.32 Å². The summed E-state index contributed by atoms with van der Waals surface area (Å²) in [5.41, 5.74) is 6.71. The van der Waals surface area contributed by atoms with Crippen molar-refractivity contribution in [3.05, 3.63) is 23.2 Å². The van der Waals surface area contributed by atoms with Gasteiger partial charge in [-0.3, -0.25) is 9.00 Å². The second-order valence-electron chi connectivity index (χ2n) is 4.24. The van der Waals surface area contributed by atoms with Gasteiger partial charge >= 0.3 is 0 Å². The van der Waals surface area contributed by atoms with Gasteiger partial charge < -0.3 is 11.1 Å². The summed E-state index contributed by atoms with van der Waals surface area (Å²) in [5, 5.41) is 3.20. The molecule has 1 rings (SSSR count).